The topological polar surface area (TPSA) is 105 Å². The lowest BCUT2D eigenvalue weighted by atomic mass is 9.85. The first kappa shape index (κ1) is 16.8. The third-order valence-electron chi connectivity index (χ3n) is 4.07. The normalized spacial score (nSPS) is 15.9. The van der Waals surface area contributed by atoms with Gasteiger partial charge in [-0.05, 0) is 31.0 Å². The molecule has 2 rings (SSSR count). The molecule has 0 aliphatic carbocycles. The Balaban J connectivity index is 2.21. The van der Waals surface area contributed by atoms with Crippen molar-refractivity contribution in [2.24, 2.45) is 5.92 Å². The van der Waals surface area contributed by atoms with Crippen LogP contribution in [0.25, 0.3) is 0 Å². The maximum absolute atomic E-state index is 12.5. The van der Waals surface area contributed by atoms with Gasteiger partial charge in [0.1, 0.15) is 5.75 Å². The van der Waals surface area contributed by atoms with Gasteiger partial charge in [0.25, 0.3) is 11.8 Å². The van der Waals surface area contributed by atoms with Gasteiger partial charge in [-0.1, -0.05) is 13.8 Å². The molecule has 1 heterocycles. The summed E-state index contributed by atoms with van der Waals surface area (Å²) in [5.74, 6) is -1.23. The fourth-order valence-corrected chi connectivity index (χ4v) is 2.26. The zero-order valence-electron chi connectivity index (χ0n) is 13.3. The molecule has 0 aromatic heterocycles. The van der Waals surface area contributed by atoms with Crippen molar-refractivity contribution in [3.05, 3.63) is 23.8 Å². The van der Waals surface area contributed by atoms with E-state index in [1.165, 1.54) is 6.07 Å². The standard InChI is InChI=1S/C16H20N2O5/c1-9(2)16(3,7-14(20)21)18-15(22)10-4-5-12-11(6-10)17-13(19)8-23-12/h4-6,9H,7-8H2,1-3H3,(H,17,19)(H,18,22)(H,20,21). The molecule has 0 spiro atoms. The number of benzene rings is 1. The van der Waals surface area contributed by atoms with Crippen LogP contribution >= 0.6 is 0 Å². The van der Waals surface area contributed by atoms with Crippen LogP contribution in [0.1, 0.15) is 37.6 Å². The van der Waals surface area contributed by atoms with Crippen molar-refractivity contribution in [3.8, 4) is 5.75 Å². The number of carboxylic acid groups (broad SMARTS) is 1. The Morgan fingerprint density at radius 1 is 1.43 bits per heavy atom. The highest BCUT2D eigenvalue weighted by atomic mass is 16.5. The maximum Gasteiger partial charge on any atom is 0.305 e. The number of carboxylic acids is 1. The summed E-state index contributed by atoms with van der Waals surface area (Å²) >= 11 is 0. The molecule has 1 aliphatic heterocycles. The number of anilines is 1. The molecule has 124 valence electrons. The van der Waals surface area contributed by atoms with Crippen LogP contribution in [0.15, 0.2) is 18.2 Å². The lowest BCUT2D eigenvalue weighted by Crippen LogP contribution is -2.51. The number of carbonyl (C=O) groups excluding carboxylic acids is 2. The first-order valence-corrected chi connectivity index (χ1v) is 7.32. The van der Waals surface area contributed by atoms with E-state index in [9.17, 15) is 14.4 Å². The highest BCUT2D eigenvalue weighted by Crippen LogP contribution is 2.29. The summed E-state index contributed by atoms with van der Waals surface area (Å²) in [6.07, 6.45) is -0.179. The van der Waals surface area contributed by atoms with Crippen molar-refractivity contribution in [2.45, 2.75) is 32.7 Å². The summed E-state index contributed by atoms with van der Waals surface area (Å²) in [5.41, 5.74) is -0.122. The van der Waals surface area contributed by atoms with Crippen LogP contribution in [0.5, 0.6) is 5.75 Å². The molecule has 3 N–H and O–H groups in total. The third-order valence-corrected chi connectivity index (χ3v) is 4.07. The minimum atomic E-state index is -0.979. The Labute approximate surface area is 134 Å². The largest absolute Gasteiger partial charge is 0.482 e. The molecule has 1 aromatic rings. The summed E-state index contributed by atoms with van der Waals surface area (Å²) in [7, 11) is 0. The molecule has 0 fully saturated rings. The Hall–Kier alpha value is -2.57. The van der Waals surface area contributed by atoms with Crippen molar-refractivity contribution in [3.63, 3.8) is 0 Å². The Bertz CT molecular complexity index is 656. The number of carbonyl (C=O) groups is 3. The predicted octanol–water partition coefficient (Wildman–Crippen LogP) is 1.64. The molecule has 0 saturated carbocycles. The lowest BCUT2D eigenvalue weighted by molar-refractivity contribution is -0.139. The summed E-state index contributed by atoms with van der Waals surface area (Å²) in [6.45, 7) is 5.35. The van der Waals surface area contributed by atoms with Gasteiger partial charge in [0.15, 0.2) is 6.61 Å². The van der Waals surface area contributed by atoms with E-state index in [0.717, 1.165) is 0 Å². The molecular weight excluding hydrogens is 300 g/mol. The molecule has 1 aromatic carbocycles. The van der Waals surface area contributed by atoms with E-state index in [2.05, 4.69) is 10.6 Å². The van der Waals surface area contributed by atoms with Crippen molar-refractivity contribution in [1.29, 1.82) is 0 Å². The Kier molecular flexibility index (Phi) is 4.58. The molecule has 7 heteroatoms. The van der Waals surface area contributed by atoms with E-state index in [4.69, 9.17) is 9.84 Å². The van der Waals surface area contributed by atoms with Gasteiger partial charge >= 0.3 is 5.97 Å². The average molecular weight is 320 g/mol. The van der Waals surface area contributed by atoms with Crippen molar-refractivity contribution in [2.75, 3.05) is 11.9 Å². The minimum absolute atomic E-state index is 0.0530. The number of ether oxygens (including phenoxy) is 1. The van der Waals surface area contributed by atoms with E-state index in [1.54, 1.807) is 19.1 Å². The molecule has 1 unspecified atom stereocenters. The fraction of sp³-hybridized carbons (Fsp3) is 0.438. The predicted molar refractivity (Wildman–Crippen MR) is 83.5 cm³/mol. The van der Waals surface area contributed by atoms with Gasteiger partial charge < -0.3 is 20.5 Å². The highest BCUT2D eigenvalue weighted by molar-refractivity contribution is 6.00. The van der Waals surface area contributed by atoms with Crippen LogP contribution in [0.4, 0.5) is 5.69 Å². The number of aliphatic carboxylic acids is 1. The second kappa shape index (κ2) is 6.28. The second-order valence-corrected chi connectivity index (χ2v) is 6.14. The molecule has 0 bridgehead atoms. The van der Waals surface area contributed by atoms with Gasteiger partial charge in [-0.3, -0.25) is 14.4 Å². The van der Waals surface area contributed by atoms with Gasteiger partial charge in [-0.25, -0.2) is 0 Å². The minimum Gasteiger partial charge on any atom is -0.482 e. The number of rotatable bonds is 5. The molecular formula is C16H20N2O5. The number of hydrogen-bond acceptors (Lipinski definition) is 4. The fourth-order valence-electron chi connectivity index (χ4n) is 2.26. The van der Waals surface area contributed by atoms with Crippen LogP contribution in [0.2, 0.25) is 0 Å². The van der Waals surface area contributed by atoms with E-state index >= 15 is 0 Å². The highest BCUT2D eigenvalue weighted by Gasteiger charge is 2.33. The quantitative estimate of drug-likeness (QED) is 0.765. The number of hydrogen-bond donors (Lipinski definition) is 3. The van der Waals surface area contributed by atoms with Crippen LogP contribution in [0, 0.1) is 5.92 Å². The smallest absolute Gasteiger partial charge is 0.305 e. The molecule has 7 nitrogen and oxygen atoms in total. The maximum atomic E-state index is 12.5. The van der Waals surface area contributed by atoms with Crippen LogP contribution in [-0.2, 0) is 9.59 Å². The van der Waals surface area contributed by atoms with Gasteiger partial charge in [-0.15, -0.1) is 0 Å². The summed E-state index contributed by atoms with van der Waals surface area (Å²) < 4.78 is 5.24. The number of amides is 2. The molecule has 23 heavy (non-hydrogen) atoms. The van der Waals surface area contributed by atoms with E-state index in [1.807, 2.05) is 13.8 Å². The average Bonchev–Trinajstić information content (AvgIpc) is 2.45. The molecule has 2 amide bonds. The molecule has 0 saturated heterocycles. The zero-order valence-corrected chi connectivity index (χ0v) is 13.3. The summed E-state index contributed by atoms with van der Waals surface area (Å²) in [4.78, 5) is 34.9. The third kappa shape index (κ3) is 3.80. The summed E-state index contributed by atoms with van der Waals surface area (Å²) in [5, 5.41) is 14.5. The molecule has 1 atom stereocenters. The first-order valence-electron chi connectivity index (χ1n) is 7.32. The monoisotopic (exact) mass is 320 g/mol. The molecule has 0 radical (unpaired) electrons. The number of fused-ring (bicyclic) bond motifs is 1. The van der Waals surface area contributed by atoms with Crippen LogP contribution in [-0.4, -0.2) is 35.0 Å². The van der Waals surface area contributed by atoms with E-state index in [-0.39, 0.29) is 24.9 Å². The second-order valence-electron chi connectivity index (χ2n) is 6.14. The van der Waals surface area contributed by atoms with E-state index < -0.39 is 17.4 Å². The summed E-state index contributed by atoms with van der Waals surface area (Å²) in [6, 6.07) is 4.70. The first-order chi connectivity index (χ1) is 10.7. The van der Waals surface area contributed by atoms with Crippen LogP contribution in [0.3, 0.4) is 0 Å². The van der Waals surface area contributed by atoms with E-state index in [0.29, 0.717) is 17.0 Å². The van der Waals surface area contributed by atoms with Gasteiger partial charge in [-0.2, -0.15) is 0 Å². The zero-order chi connectivity index (χ0) is 17.2. The Morgan fingerprint density at radius 2 is 2.13 bits per heavy atom. The SMILES string of the molecule is CC(C)C(C)(CC(=O)O)NC(=O)c1ccc2c(c1)NC(=O)CO2. The van der Waals surface area contributed by atoms with Gasteiger partial charge in [0.2, 0.25) is 0 Å². The van der Waals surface area contributed by atoms with Crippen molar-refractivity contribution >= 4 is 23.5 Å². The Morgan fingerprint density at radius 3 is 2.74 bits per heavy atom. The lowest BCUT2D eigenvalue weighted by Gasteiger charge is -2.33. The van der Waals surface area contributed by atoms with Gasteiger partial charge in [0, 0.05) is 5.56 Å². The van der Waals surface area contributed by atoms with Crippen molar-refractivity contribution in [1.82, 2.24) is 5.32 Å². The van der Waals surface area contributed by atoms with Crippen molar-refractivity contribution < 1.29 is 24.2 Å². The van der Waals surface area contributed by atoms with Gasteiger partial charge in [0.05, 0.1) is 17.6 Å². The molecule has 1 aliphatic rings. The van der Waals surface area contributed by atoms with Crippen LogP contribution < -0.4 is 15.4 Å². The number of nitrogens with one attached hydrogen (secondary N) is 2.